The Morgan fingerprint density at radius 1 is 1.18 bits per heavy atom. The quantitative estimate of drug-likeness (QED) is 0.743. The zero-order chi connectivity index (χ0) is 15.9. The van der Waals surface area contributed by atoms with E-state index in [9.17, 15) is 10.2 Å². The van der Waals surface area contributed by atoms with Crippen molar-refractivity contribution in [3.05, 3.63) is 48.6 Å². The lowest BCUT2D eigenvalue weighted by atomic mass is 9.93. The largest absolute Gasteiger partial charge is 0.388 e. The molecule has 1 aliphatic rings. The van der Waals surface area contributed by atoms with Crippen LogP contribution >= 0.6 is 0 Å². The first-order chi connectivity index (χ1) is 10.7. The van der Waals surface area contributed by atoms with Gasteiger partial charge in [0.05, 0.1) is 19.3 Å². The van der Waals surface area contributed by atoms with E-state index in [4.69, 9.17) is 14.2 Å². The second-order valence-corrected chi connectivity index (χ2v) is 5.42. The van der Waals surface area contributed by atoms with Gasteiger partial charge in [-0.3, -0.25) is 0 Å². The van der Waals surface area contributed by atoms with Crippen LogP contribution in [-0.4, -0.2) is 54.4 Å². The second-order valence-electron chi connectivity index (χ2n) is 5.42. The maximum absolute atomic E-state index is 10.2. The van der Waals surface area contributed by atoms with Crippen LogP contribution in [0.2, 0.25) is 0 Å². The van der Waals surface area contributed by atoms with Crippen molar-refractivity contribution in [2.75, 3.05) is 13.7 Å². The summed E-state index contributed by atoms with van der Waals surface area (Å²) in [6.07, 6.45) is -1.42. The Morgan fingerprint density at radius 2 is 1.91 bits per heavy atom. The van der Waals surface area contributed by atoms with Gasteiger partial charge in [-0.05, 0) is 12.0 Å². The third kappa shape index (κ3) is 4.15. The molecule has 5 nitrogen and oxygen atoms in total. The molecule has 22 heavy (non-hydrogen) atoms. The van der Waals surface area contributed by atoms with Crippen LogP contribution in [0.5, 0.6) is 0 Å². The van der Waals surface area contributed by atoms with Crippen molar-refractivity contribution in [1.82, 2.24) is 0 Å². The van der Waals surface area contributed by atoms with Crippen LogP contribution in [0.25, 0.3) is 0 Å². The molecule has 0 radical (unpaired) electrons. The molecule has 122 valence electrons. The highest BCUT2D eigenvalue weighted by Crippen LogP contribution is 2.25. The zero-order valence-corrected chi connectivity index (χ0v) is 12.8. The van der Waals surface area contributed by atoms with Crippen LogP contribution in [0.15, 0.2) is 43.0 Å². The number of hydrogen-bond donors (Lipinski definition) is 2. The van der Waals surface area contributed by atoms with Gasteiger partial charge in [-0.25, -0.2) is 0 Å². The smallest absolute Gasteiger partial charge is 0.114 e. The molecule has 1 fully saturated rings. The summed E-state index contributed by atoms with van der Waals surface area (Å²) in [5.74, 6) is 0. The van der Waals surface area contributed by atoms with Gasteiger partial charge in [-0.1, -0.05) is 36.4 Å². The molecule has 1 heterocycles. The van der Waals surface area contributed by atoms with Crippen LogP contribution in [-0.2, 0) is 20.8 Å². The summed E-state index contributed by atoms with van der Waals surface area (Å²) in [6, 6.07) is 9.82. The lowest BCUT2D eigenvalue weighted by Crippen LogP contribution is -2.59. The normalized spacial score (nSPS) is 31.9. The molecule has 1 saturated heterocycles. The number of hydrogen-bond acceptors (Lipinski definition) is 5. The average molecular weight is 308 g/mol. The molecule has 0 saturated carbocycles. The Kier molecular flexibility index (Phi) is 6.54. The zero-order valence-electron chi connectivity index (χ0n) is 12.8. The minimum absolute atomic E-state index is 0.283. The van der Waals surface area contributed by atoms with Gasteiger partial charge in [0.15, 0.2) is 0 Å². The molecule has 5 heteroatoms. The lowest BCUT2D eigenvalue weighted by molar-refractivity contribution is -0.238. The van der Waals surface area contributed by atoms with E-state index in [1.807, 2.05) is 30.3 Å². The summed E-state index contributed by atoms with van der Waals surface area (Å²) in [7, 11) is 1.49. The maximum Gasteiger partial charge on any atom is 0.114 e. The Morgan fingerprint density at radius 3 is 2.55 bits per heavy atom. The first-order valence-electron chi connectivity index (χ1n) is 7.44. The number of aliphatic hydroxyl groups is 2. The van der Waals surface area contributed by atoms with Gasteiger partial charge in [0.2, 0.25) is 0 Å². The van der Waals surface area contributed by atoms with Crippen LogP contribution in [0, 0.1) is 0 Å². The lowest BCUT2D eigenvalue weighted by Gasteiger charge is -2.42. The van der Waals surface area contributed by atoms with Gasteiger partial charge in [-0.15, -0.1) is 6.58 Å². The third-order valence-corrected chi connectivity index (χ3v) is 3.85. The summed E-state index contributed by atoms with van der Waals surface area (Å²) in [5, 5.41) is 20.2. The molecule has 0 spiro atoms. The van der Waals surface area contributed by atoms with Crippen molar-refractivity contribution < 1.29 is 24.4 Å². The second kappa shape index (κ2) is 8.41. The maximum atomic E-state index is 10.2. The molecule has 1 aliphatic heterocycles. The van der Waals surface area contributed by atoms with Gasteiger partial charge < -0.3 is 24.4 Å². The predicted octanol–water partition coefficient (Wildman–Crippen LogP) is 1.28. The highest BCUT2D eigenvalue weighted by molar-refractivity contribution is 5.13. The predicted molar refractivity (Wildman–Crippen MR) is 82.4 cm³/mol. The Bertz CT molecular complexity index is 450. The van der Waals surface area contributed by atoms with E-state index in [0.717, 1.165) is 5.56 Å². The minimum Gasteiger partial charge on any atom is -0.388 e. The van der Waals surface area contributed by atoms with E-state index in [1.165, 1.54) is 7.11 Å². The topological polar surface area (TPSA) is 68.2 Å². The van der Waals surface area contributed by atoms with Gasteiger partial charge >= 0.3 is 0 Å². The van der Waals surface area contributed by atoms with Crippen molar-refractivity contribution in [3.63, 3.8) is 0 Å². The van der Waals surface area contributed by atoms with E-state index in [2.05, 4.69) is 6.58 Å². The molecule has 2 rings (SSSR count). The summed E-state index contributed by atoms with van der Waals surface area (Å²) >= 11 is 0. The molecule has 5 atom stereocenters. The van der Waals surface area contributed by atoms with E-state index in [-0.39, 0.29) is 6.61 Å². The highest BCUT2D eigenvalue weighted by atomic mass is 16.6. The van der Waals surface area contributed by atoms with Crippen molar-refractivity contribution in [3.8, 4) is 0 Å². The van der Waals surface area contributed by atoms with Crippen LogP contribution in [0.1, 0.15) is 12.0 Å². The molecule has 5 unspecified atom stereocenters. The first-order valence-corrected chi connectivity index (χ1v) is 7.44. The van der Waals surface area contributed by atoms with E-state index in [0.29, 0.717) is 13.0 Å². The standard InChI is InChI=1S/C17H24O5/c1-3-7-13-15(18)16(19)17(20-2)14(22-13)11-21-10-12-8-5-4-6-9-12/h3-6,8-9,13-19H,1,7,10-11H2,2H3. The summed E-state index contributed by atoms with van der Waals surface area (Å²) in [5.41, 5.74) is 1.07. The molecule has 1 aromatic carbocycles. The van der Waals surface area contributed by atoms with Crippen LogP contribution in [0.4, 0.5) is 0 Å². The Hall–Kier alpha value is -1.24. The highest BCUT2D eigenvalue weighted by Gasteiger charge is 2.44. The molecule has 0 aromatic heterocycles. The van der Waals surface area contributed by atoms with Crippen molar-refractivity contribution in [2.24, 2.45) is 0 Å². The molecule has 0 aliphatic carbocycles. The monoisotopic (exact) mass is 308 g/mol. The Labute approximate surface area is 131 Å². The first kappa shape index (κ1) is 17.1. The van der Waals surface area contributed by atoms with Gasteiger partial charge in [-0.2, -0.15) is 0 Å². The van der Waals surface area contributed by atoms with Crippen LogP contribution in [0.3, 0.4) is 0 Å². The van der Waals surface area contributed by atoms with Gasteiger partial charge in [0.25, 0.3) is 0 Å². The molecule has 1 aromatic rings. The molecular formula is C17H24O5. The van der Waals surface area contributed by atoms with Gasteiger partial charge in [0, 0.05) is 7.11 Å². The average Bonchev–Trinajstić information content (AvgIpc) is 2.54. The fraction of sp³-hybridized carbons (Fsp3) is 0.529. The number of aliphatic hydroxyl groups excluding tert-OH is 2. The van der Waals surface area contributed by atoms with Crippen molar-refractivity contribution >= 4 is 0 Å². The number of ether oxygens (including phenoxy) is 3. The third-order valence-electron chi connectivity index (χ3n) is 3.85. The summed E-state index contributed by atoms with van der Waals surface area (Å²) < 4.78 is 16.8. The van der Waals surface area contributed by atoms with E-state index in [1.54, 1.807) is 6.08 Å². The summed E-state index contributed by atoms with van der Waals surface area (Å²) in [6.45, 7) is 4.39. The number of methoxy groups -OCH3 is 1. The van der Waals surface area contributed by atoms with Crippen molar-refractivity contribution in [2.45, 2.75) is 43.5 Å². The summed E-state index contributed by atoms with van der Waals surface area (Å²) in [4.78, 5) is 0. The minimum atomic E-state index is -1.01. The molecule has 2 N–H and O–H groups in total. The molecule has 0 bridgehead atoms. The Balaban J connectivity index is 1.93. The number of benzene rings is 1. The van der Waals surface area contributed by atoms with E-state index >= 15 is 0 Å². The molecular weight excluding hydrogens is 284 g/mol. The van der Waals surface area contributed by atoms with Gasteiger partial charge in [0.1, 0.15) is 24.4 Å². The van der Waals surface area contributed by atoms with E-state index < -0.39 is 30.5 Å². The fourth-order valence-corrected chi connectivity index (χ4v) is 2.67. The van der Waals surface area contributed by atoms with Crippen LogP contribution < -0.4 is 0 Å². The van der Waals surface area contributed by atoms with Crippen molar-refractivity contribution in [1.29, 1.82) is 0 Å². The SMILES string of the molecule is C=CCC1OC(COCc2ccccc2)C(OC)C(O)C1O. The molecule has 0 amide bonds. The number of rotatable bonds is 7. The fourth-order valence-electron chi connectivity index (χ4n) is 2.67.